The molecule has 3 nitrogen and oxygen atoms in total. The lowest BCUT2D eigenvalue weighted by Crippen LogP contribution is -2.16. The maximum atomic E-state index is 12.8. The topological polar surface area (TPSA) is 43.4 Å². The third kappa shape index (κ3) is 4.88. The summed E-state index contributed by atoms with van der Waals surface area (Å²) < 4.78 is 102. The zero-order valence-corrected chi connectivity index (χ0v) is 11.5. The number of benzene rings is 1. The Morgan fingerprint density at radius 1 is 1.05 bits per heavy atom. The lowest BCUT2D eigenvalue weighted by molar-refractivity contribution is -0.142. The molecular formula is C11H10F6O3S. The zero-order chi connectivity index (χ0) is 16.6. The van der Waals surface area contributed by atoms with Crippen LogP contribution in [0.15, 0.2) is 18.2 Å². The van der Waals surface area contributed by atoms with Gasteiger partial charge in [0.05, 0.1) is 23.5 Å². The average molecular weight is 336 g/mol. The first-order valence-corrected chi connectivity index (χ1v) is 7.20. The number of hydrogen-bond acceptors (Lipinski definition) is 3. The Labute approximate surface area is 116 Å². The molecule has 0 spiro atoms. The minimum absolute atomic E-state index is 0.235. The molecule has 0 radical (unpaired) electrons. The van der Waals surface area contributed by atoms with Crippen LogP contribution in [0.5, 0.6) is 0 Å². The molecule has 0 saturated heterocycles. The van der Waals surface area contributed by atoms with Crippen LogP contribution in [0.4, 0.5) is 26.3 Å². The van der Waals surface area contributed by atoms with Crippen molar-refractivity contribution in [1.82, 2.24) is 0 Å². The van der Waals surface area contributed by atoms with Gasteiger partial charge < -0.3 is 0 Å². The van der Waals surface area contributed by atoms with Crippen LogP contribution in [0.1, 0.15) is 29.7 Å². The Balaban J connectivity index is 3.43. The van der Waals surface area contributed by atoms with Crippen LogP contribution < -0.4 is 0 Å². The molecule has 120 valence electrons. The van der Waals surface area contributed by atoms with Crippen LogP contribution in [0.3, 0.4) is 0 Å². The van der Waals surface area contributed by atoms with E-state index >= 15 is 0 Å². The molecule has 1 unspecified atom stereocenters. The van der Waals surface area contributed by atoms with Gasteiger partial charge in [0, 0.05) is 0 Å². The van der Waals surface area contributed by atoms with Crippen LogP contribution in [0.25, 0.3) is 0 Å². The van der Waals surface area contributed by atoms with Crippen molar-refractivity contribution < 1.29 is 38.9 Å². The van der Waals surface area contributed by atoms with Gasteiger partial charge in [-0.15, -0.1) is 0 Å². The van der Waals surface area contributed by atoms with Crippen molar-refractivity contribution in [3.8, 4) is 0 Å². The largest absolute Gasteiger partial charge is 0.416 e. The second-order valence-electron chi connectivity index (χ2n) is 4.24. The highest BCUT2D eigenvalue weighted by atomic mass is 32.2. The summed E-state index contributed by atoms with van der Waals surface area (Å²) in [6.07, 6.45) is -10.9. The van der Waals surface area contributed by atoms with Gasteiger partial charge in [-0.25, -0.2) is 0 Å². The predicted octanol–water partition coefficient (Wildman–Crippen LogP) is 3.76. The third-order valence-electron chi connectivity index (χ3n) is 2.44. The van der Waals surface area contributed by atoms with E-state index < -0.39 is 45.3 Å². The van der Waals surface area contributed by atoms with E-state index in [4.69, 9.17) is 0 Å². The average Bonchev–Trinajstić information content (AvgIpc) is 2.23. The monoisotopic (exact) mass is 336 g/mol. The Bertz CT molecular complexity index is 618. The molecule has 10 heteroatoms. The molecule has 1 aromatic rings. The zero-order valence-electron chi connectivity index (χ0n) is 10.7. The summed E-state index contributed by atoms with van der Waals surface area (Å²) in [5.74, 6) is 0. The number of hydrogen-bond donors (Lipinski definition) is 0. The van der Waals surface area contributed by atoms with Gasteiger partial charge in [-0.3, -0.25) is 4.18 Å². The van der Waals surface area contributed by atoms with E-state index in [1.165, 1.54) is 0 Å². The molecule has 0 fully saturated rings. The summed E-state index contributed by atoms with van der Waals surface area (Å²) in [7, 11) is -4.13. The molecule has 1 aromatic carbocycles. The predicted molar refractivity (Wildman–Crippen MR) is 60.8 cm³/mol. The first-order chi connectivity index (χ1) is 9.22. The Kier molecular flexibility index (Phi) is 4.64. The van der Waals surface area contributed by atoms with Gasteiger partial charge in [0.15, 0.2) is 0 Å². The van der Waals surface area contributed by atoms with Crippen LogP contribution >= 0.6 is 0 Å². The van der Waals surface area contributed by atoms with Crippen molar-refractivity contribution >= 4 is 10.1 Å². The van der Waals surface area contributed by atoms with Crippen molar-refractivity contribution in [1.29, 1.82) is 0 Å². The smallest absolute Gasteiger partial charge is 0.262 e. The maximum absolute atomic E-state index is 12.8. The quantitative estimate of drug-likeness (QED) is 0.623. The Morgan fingerprint density at radius 3 is 1.95 bits per heavy atom. The number of rotatable bonds is 3. The normalized spacial score (nSPS) is 15.0. The summed E-state index contributed by atoms with van der Waals surface area (Å²) in [5, 5.41) is 0. The summed E-state index contributed by atoms with van der Waals surface area (Å²) in [5.41, 5.74) is -3.61. The van der Waals surface area contributed by atoms with Gasteiger partial charge in [0.25, 0.3) is 10.1 Å². The third-order valence-corrected chi connectivity index (χ3v) is 3.08. The van der Waals surface area contributed by atoms with Gasteiger partial charge in [-0.2, -0.15) is 34.8 Å². The maximum Gasteiger partial charge on any atom is 0.416 e. The van der Waals surface area contributed by atoms with Crippen molar-refractivity contribution in [3.63, 3.8) is 0 Å². The number of halogens is 6. The van der Waals surface area contributed by atoms with E-state index in [9.17, 15) is 34.8 Å². The van der Waals surface area contributed by atoms with Crippen LogP contribution in [-0.2, 0) is 26.7 Å². The minimum Gasteiger partial charge on any atom is -0.262 e. The SMILES string of the molecule is CC(OS(C)(=O)=O)c1cc(C(F)(F)F)ccc1C(F)(F)F. The Morgan fingerprint density at radius 2 is 1.57 bits per heavy atom. The second kappa shape index (κ2) is 5.48. The lowest BCUT2D eigenvalue weighted by atomic mass is 9.99. The molecule has 0 aliphatic carbocycles. The molecule has 0 bridgehead atoms. The molecular weight excluding hydrogens is 326 g/mol. The van der Waals surface area contributed by atoms with E-state index in [2.05, 4.69) is 4.18 Å². The molecule has 0 amide bonds. The van der Waals surface area contributed by atoms with Crippen LogP contribution in [0, 0.1) is 0 Å². The molecule has 1 rings (SSSR count). The molecule has 0 aliphatic rings. The van der Waals surface area contributed by atoms with E-state index in [0.29, 0.717) is 6.26 Å². The number of alkyl halides is 6. The van der Waals surface area contributed by atoms with Gasteiger partial charge in [-0.1, -0.05) is 0 Å². The molecule has 0 N–H and O–H groups in total. The highest BCUT2D eigenvalue weighted by molar-refractivity contribution is 7.86. The molecule has 0 heterocycles. The van der Waals surface area contributed by atoms with Crippen molar-refractivity contribution in [2.24, 2.45) is 0 Å². The van der Waals surface area contributed by atoms with Crippen molar-refractivity contribution in [3.05, 3.63) is 34.9 Å². The molecule has 21 heavy (non-hydrogen) atoms. The van der Waals surface area contributed by atoms with E-state index in [0.717, 1.165) is 6.92 Å². The van der Waals surface area contributed by atoms with E-state index in [1.807, 2.05) is 0 Å². The minimum atomic E-state index is -4.94. The van der Waals surface area contributed by atoms with Crippen LogP contribution in [0.2, 0.25) is 0 Å². The van der Waals surface area contributed by atoms with Gasteiger partial charge in [0.2, 0.25) is 0 Å². The molecule has 0 saturated carbocycles. The van der Waals surface area contributed by atoms with Crippen molar-refractivity contribution in [2.45, 2.75) is 25.4 Å². The van der Waals surface area contributed by atoms with Gasteiger partial charge in [-0.05, 0) is 30.7 Å². The fraction of sp³-hybridized carbons (Fsp3) is 0.455. The summed E-state index contributed by atoms with van der Waals surface area (Å²) in [6, 6.07) is 0.762. The van der Waals surface area contributed by atoms with Crippen LogP contribution in [-0.4, -0.2) is 14.7 Å². The van der Waals surface area contributed by atoms with Gasteiger partial charge >= 0.3 is 12.4 Å². The first-order valence-electron chi connectivity index (χ1n) is 5.38. The Hall–Kier alpha value is -1.29. The molecule has 0 aliphatic heterocycles. The molecule has 1 atom stereocenters. The highest BCUT2D eigenvalue weighted by Gasteiger charge is 2.38. The summed E-state index contributed by atoms with van der Waals surface area (Å²) in [4.78, 5) is 0. The summed E-state index contributed by atoms with van der Waals surface area (Å²) in [6.45, 7) is 0.922. The molecule has 0 aromatic heterocycles. The second-order valence-corrected chi connectivity index (χ2v) is 5.84. The van der Waals surface area contributed by atoms with E-state index in [1.54, 1.807) is 0 Å². The fourth-order valence-electron chi connectivity index (χ4n) is 1.65. The van der Waals surface area contributed by atoms with Gasteiger partial charge in [0.1, 0.15) is 0 Å². The lowest BCUT2D eigenvalue weighted by Gasteiger charge is -2.19. The standard InChI is InChI=1S/C11H10F6O3S/c1-6(20-21(2,18)19)8-5-7(10(12,13)14)3-4-9(8)11(15,16)17/h3-6H,1-2H3. The fourth-order valence-corrected chi connectivity index (χ4v) is 2.28. The van der Waals surface area contributed by atoms with Crippen molar-refractivity contribution in [2.75, 3.05) is 6.26 Å². The summed E-state index contributed by atoms with van der Waals surface area (Å²) >= 11 is 0. The first kappa shape index (κ1) is 17.8. The highest BCUT2D eigenvalue weighted by Crippen LogP contribution is 2.39. The van der Waals surface area contributed by atoms with E-state index in [-0.39, 0.29) is 18.2 Å².